The third-order valence-electron chi connectivity index (χ3n) is 3.75. The fourth-order valence-corrected chi connectivity index (χ4v) is 3.17. The fraction of sp³-hybridized carbons (Fsp3) is 0.111. The van der Waals surface area contributed by atoms with Crippen molar-refractivity contribution in [2.24, 2.45) is 0 Å². The van der Waals surface area contributed by atoms with Gasteiger partial charge in [-0.2, -0.15) is 5.10 Å². The minimum absolute atomic E-state index is 0.803. The summed E-state index contributed by atoms with van der Waals surface area (Å²) in [6.07, 6.45) is 3.78. The Hall–Kier alpha value is -2.66. The molecule has 0 fully saturated rings. The molecule has 4 aromatic rings. The average Bonchev–Trinajstić information content (AvgIpc) is 3.25. The van der Waals surface area contributed by atoms with Crippen LogP contribution in [0, 0.1) is 0 Å². The zero-order valence-corrected chi connectivity index (χ0v) is 13.3. The van der Waals surface area contributed by atoms with Gasteiger partial charge in [-0.05, 0) is 35.4 Å². The molecule has 0 saturated carbocycles. The normalized spacial score (nSPS) is 11.0. The lowest BCUT2D eigenvalue weighted by Crippen LogP contribution is -2.02. The van der Waals surface area contributed by atoms with Crippen molar-refractivity contribution in [3.63, 3.8) is 0 Å². The van der Waals surface area contributed by atoms with Crippen molar-refractivity contribution in [1.29, 1.82) is 0 Å². The van der Waals surface area contributed by atoms with Gasteiger partial charge in [0.05, 0.1) is 22.3 Å². The summed E-state index contributed by atoms with van der Waals surface area (Å²) in [6.45, 7) is 1.61. The maximum absolute atomic E-state index is 4.35. The van der Waals surface area contributed by atoms with E-state index in [0.717, 1.165) is 24.3 Å². The van der Waals surface area contributed by atoms with Gasteiger partial charge in [0.1, 0.15) is 0 Å². The minimum Gasteiger partial charge on any atom is -0.381 e. The van der Waals surface area contributed by atoms with Gasteiger partial charge in [0.25, 0.3) is 0 Å². The average molecular weight is 320 g/mol. The van der Waals surface area contributed by atoms with E-state index < -0.39 is 0 Å². The SMILES string of the molecule is c1cnn(Cc2ccc(CNc3ccc4scnc4c3)cc2)c1. The molecule has 1 N–H and O–H groups in total. The highest BCUT2D eigenvalue weighted by Gasteiger charge is 2.00. The Labute approximate surface area is 138 Å². The first-order valence-corrected chi connectivity index (χ1v) is 8.37. The molecule has 0 atom stereocenters. The van der Waals surface area contributed by atoms with Crippen LogP contribution in [0.4, 0.5) is 5.69 Å². The summed E-state index contributed by atoms with van der Waals surface area (Å²) < 4.78 is 3.15. The lowest BCUT2D eigenvalue weighted by atomic mass is 10.1. The number of anilines is 1. The van der Waals surface area contributed by atoms with Crippen molar-refractivity contribution in [3.8, 4) is 0 Å². The number of hydrogen-bond acceptors (Lipinski definition) is 4. The molecule has 0 bridgehead atoms. The van der Waals surface area contributed by atoms with Crippen molar-refractivity contribution < 1.29 is 0 Å². The standard InChI is InChI=1S/C18H16N4S/c1-8-21-22(9-1)12-15-4-2-14(3-5-15)11-19-16-6-7-18-17(10-16)20-13-23-18/h1-10,13,19H,11-12H2. The van der Waals surface area contributed by atoms with Crippen LogP contribution in [0.1, 0.15) is 11.1 Å². The maximum Gasteiger partial charge on any atom is 0.0832 e. The van der Waals surface area contributed by atoms with Crippen LogP contribution in [0.3, 0.4) is 0 Å². The van der Waals surface area contributed by atoms with Crippen LogP contribution in [0.25, 0.3) is 10.2 Å². The van der Waals surface area contributed by atoms with E-state index in [9.17, 15) is 0 Å². The Bertz CT molecular complexity index is 894. The van der Waals surface area contributed by atoms with Crippen LogP contribution in [0.15, 0.2) is 66.4 Å². The fourth-order valence-electron chi connectivity index (χ4n) is 2.52. The van der Waals surface area contributed by atoms with Crippen LogP contribution in [-0.4, -0.2) is 14.8 Å². The van der Waals surface area contributed by atoms with Crippen LogP contribution in [0.2, 0.25) is 0 Å². The summed E-state index contributed by atoms with van der Waals surface area (Å²) in [5, 5.41) is 7.68. The van der Waals surface area contributed by atoms with E-state index in [2.05, 4.69) is 57.9 Å². The highest BCUT2D eigenvalue weighted by molar-refractivity contribution is 7.16. The third-order valence-corrected chi connectivity index (χ3v) is 4.56. The van der Waals surface area contributed by atoms with E-state index in [1.54, 1.807) is 17.5 Å². The van der Waals surface area contributed by atoms with Gasteiger partial charge in [0.15, 0.2) is 0 Å². The second-order valence-corrected chi connectivity index (χ2v) is 6.29. The largest absolute Gasteiger partial charge is 0.381 e. The van der Waals surface area contributed by atoms with Crippen LogP contribution < -0.4 is 5.32 Å². The molecule has 23 heavy (non-hydrogen) atoms. The van der Waals surface area contributed by atoms with Crippen LogP contribution in [-0.2, 0) is 13.1 Å². The third kappa shape index (κ3) is 3.24. The number of nitrogens with zero attached hydrogens (tertiary/aromatic N) is 3. The van der Waals surface area contributed by atoms with Crippen molar-refractivity contribution in [1.82, 2.24) is 14.8 Å². The van der Waals surface area contributed by atoms with Gasteiger partial charge >= 0.3 is 0 Å². The second kappa shape index (κ2) is 6.22. The summed E-state index contributed by atoms with van der Waals surface area (Å²) in [4.78, 5) is 4.35. The predicted octanol–water partition coefficient (Wildman–Crippen LogP) is 4.15. The quantitative estimate of drug-likeness (QED) is 0.600. The summed E-state index contributed by atoms with van der Waals surface area (Å²) >= 11 is 1.67. The van der Waals surface area contributed by atoms with Crippen molar-refractivity contribution in [3.05, 3.63) is 77.6 Å². The van der Waals surface area contributed by atoms with Crippen LogP contribution in [0.5, 0.6) is 0 Å². The molecule has 0 aliphatic rings. The first kappa shape index (κ1) is 14.0. The first-order valence-electron chi connectivity index (χ1n) is 7.49. The smallest absolute Gasteiger partial charge is 0.0832 e. The molecular weight excluding hydrogens is 304 g/mol. The second-order valence-electron chi connectivity index (χ2n) is 5.41. The Kier molecular flexibility index (Phi) is 3.78. The number of fused-ring (bicyclic) bond motifs is 1. The molecule has 0 unspecified atom stereocenters. The van der Waals surface area contributed by atoms with Crippen molar-refractivity contribution in [2.45, 2.75) is 13.1 Å². The van der Waals surface area contributed by atoms with Crippen LogP contribution >= 0.6 is 11.3 Å². The van der Waals surface area contributed by atoms with E-state index in [0.29, 0.717) is 0 Å². The van der Waals surface area contributed by atoms with Gasteiger partial charge < -0.3 is 5.32 Å². The van der Waals surface area contributed by atoms with Gasteiger partial charge in [-0.15, -0.1) is 11.3 Å². The lowest BCUT2D eigenvalue weighted by Gasteiger charge is -2.08. The molecular formula is C18H16N4S. The van der Waals surface area contributed by atoms with E-state index in [1.807, 2.05) is 22.5 Å². The Balaban J connectivity index is 1.40. The molecule has 0 amide bonds. The highest BCUT2D eigenvalue weighted by atomic mass is 32.1. The van der Waals surface area contributed by atoms with E-state index in [4.69, 9.17) is 0 Å². The van der Waals surface area contributed by atoms with E-state index in [-0.39, 0.29) is 0 Å². The molecule has 4 nitrogen and oxygen atoms in total. The Morgan fingerprint density at radius 1 is 1.04 bits per heavy atom. The molecule has 0 radical (unpaired) electrons. The van der Waals surface area contributed by atoms with Gasteiger partial charge in [0.2, 0.25) is 0 Å². The molecule has 114 valence electrons. The molecule has 5 heteroatoms. The Morgan fingerprint density at radius 3 is 2.74 bits per heavy atom. The summed E-state index contributed by atoms with van der Waals surface area (Å²) in [6, 6.07) is 16.9. The molecule has 0 spiro atoms. The predicted molar refractivity (Wildman–Crippen MR) is 94.7 cm³/mol. The molecule has 0 aliphatic heterocycles. The first-order chi connectivity index (χ1) is 11.4. The molecule has 2 aromatic carbocycles. The minimum atomic E-state index is 0.803. The van der Waals surface area contributed by atoms with Crippen molar-refractivity contribution >= 4 is 27.2 Å². The summed E-state index contributed by atoms with van der Waals surface area (Å²) in [7, 11) is 0. The van der Waals surface area contributed by atoms with E-state index >= 15 is 0 Å². The summed E-state index contributed by atoms with van der Waals surface area (Å²) in [5.74, 6) is 0. The lowest BCUT2D eigenvalue weighted by molar-refractivity contribution is 0.686. The van der Waals surface area contributed by atoms with Gasteiger partial charge in [-0.3, -0.25) is 4.68 Å². The molecule has 4 rings (SSSR count). The van der Waals surface area contributed by atoms with Crippen molar-refractivity contribution in [2.75, 3.05) is 5.32 Å². The van der Waals surface area contributed by atoms with Gasteiger partial charge in [0, 0.05) is 24.6 Å². The number of aromatic nitrogens is 3. The molecule has 2 heterocycles. The molecule has 0 saturated heterocycles. The zero-order valence-electron chi connectivity index (χ0n) is 12.5. The van der Waals surface area contributed by atoms with Gasteiger partial charge in [-0.25, -0.2) is 4.98 Å². The number of nitrogens with one attached hydrogen (secondary N) is 1. The van der Waals surface area contributed by atoms with Gasteiger partial charge in [-0.1, -0.05) is 24.3 Å². The monoisotopic (exact) mass is 320 g/mol. The number of rotatable bonds is 5. The highest BCUT2D eigenvalue weighted by Crippen LogP contribution is 2.21. The summed E-state index contributed by atoms with van der Waals surface area (Å²) in [5.41, 5.74) is 6.54. The number of hydrogen-bond donors (Lipinski definition) is 1. The maximum atomic E-state index is 4.35. The van der Waals surface area contributed by atoms with E-state index in [1.165, 1.54) is 15.8 Å². The number of benzene rings is 2. The Morgan fingerprint density at radius 2 is 1.91 bits per heavy atom. The zero-order chi connectivity index (χ0) is 15.5. The topological polar surface area (TPSA) is 42.7 Å². The molecule has 2 aromatic heterocycles. The number of thiazole rings is 1. The molecule has 0 aliphatic carbocycles.